The Bertz CT molecular complexity index is 624. The molecule has 4 heteroatoms. The Balaban J connectivity index is 1.92. The summed E-state index contributed by atoms with van der Waals surface area (Å²) in [6.07, 6.45) is 3.64. The van der Waals surface area contributed by atoms with Crippen LogP contribution in [0.5, 0.6) is 0 Å². The summed E-state index contributed by atoms with van der Waals surface area (Å²) in [7, 11) is -0.327. The number of pyridine rings is 1. The second-order valence-electron chi connectivity index (χ2n) is 6.46. The minimum Gasteiger partial charge on any atom is -0.399 e. The van der Waals surface area contributed by atoms with E-state index in [-0.39, 0.29) is 18.3 Å². The Hall–Kier alpha value is -1.65. The van der Waals surface area contributed by atoms with Crippen LogP contribution in [0, 0.1) is 0 Å². The number of benzene rings is 1. The van der Waals surface area contributed by atoms with E-state index in [2.05, 4.69) is 50.9 Å². The fraction of sp³-hybridized carbons (Fsp3) is 0.353. The van der Waals surface area contributed by atoms with Crippen LogP contribution in [0.4, 0.5) is 0 Å². The first kappa shape index (κ1) is 14.3. The highest BCUT2D eigenvalue weighted by Gasteiger charge is 2.51. The molecule has 1 fully saturated rings. The van der Waals surface area contributed by atoms with Crippen molar-refractivity contribution in [1.82, 2.24) is 4.98 Å². The van der Waals surface area contributed by atoms with Crippen molar-refractivity contribution in [1.29, 1.82) is 0 Å². The Kier molecular flexibility index (Phi) is 3.38. The van der Waals surface area contributed by atoms with Crippen LogP contribution in [-0.4, -0.2) is 23.3 Å². The van der Waals surface area contributed by atoms with Gasteiger partial charge in [0.1, 0.15) is 0 Å². The first-order valence-electron chi connectivity index (χ1n) is 7.25. The molecule has 1 saturated heterocycles. The molecule has 2 heterocycles. The number of hydrogen-bond donors (Lipinski definition) is 0. The molecular weight excluding hydrogens is 261 g/mol. The molecule has 0 aliphatic carbocycles. The average molecular weight is 281 g/mol. The van der Waals surface area contributed by atoms with Gasteiger partial charge >= 0.3 is 7.12 Å². The number of aromatic nitrogens is 1. The molecule has 3 nitrogen and oxygen atoms in total. The number of hydrogen-bond acceptors (Lipinski definition) is 3. The predicted octanol–water partition coefficient (Wildman–Crippen LogP) is 3.05. The van der Waals surface area contributed by atoms with E-state index in [4.69, 9.17) is 9.31 Å². The summed E-state index contributed by atoms with van der Waals surface area (Å²) in [4.78, 5) is 4.17. The lowest BCUT2D eigenvalue weighted by Crippen LogP contribution is -2.41. The van der Waals surface area contributed by atoms with E-state index in [0.717, 1.165) is 16.6 Å². The predicted molar refractivity (Wildman–Crippen MR) is 85.4 cm³/mol. The van der Waals surface area contributed by atoms with Crippen LogP contribution in [0.15, 0.2) is 48.8 Å². The Morgan fingerprint density at radius 2 is 1.57 bits per heavy atom. The van der Waals surface area contributed by atoms with Crippen LogP contribution in [-0.2, 0) is 9.31 Å². The molecule has 21 heavy (non-hydrogen) atoms. The molecule has 2 aromatic rings. The molecule has 0 N–H and O–H groups in total. The van der Waals surface area contributed by atoms with E-state index in [1.807, 2.05) is 24.4 Å². The third-order valence-electron chi connectivity index (χ3n) is 4.41. The largest absolute Gasteiger partial charge is 0.494 e. The van der Waals surface area contributed by atoms with Gasteiger partial charge in [-0.1, -0.05) is 30.3 Å². The Morgan fingerprint density at radius 1 is 0.905 bits per heavy atom. The minimum absolute atomic E-state index is 0.317. The number of nitrogens with zero attached hydrogens (tertiary/aromatic N) is 1. The van der Waals surface area contributed by atoms with Gasteiger partial charge in [0.05, 0.1) is 11.2 Å². The van der Waals surface area contributed by atoms with Gasteiger partial charge in [-0.05, 0) is 50.4 Å². The standard InChI is InChI=1S/C17H20BNO2/c1-16(2)17(3,4)21-18(20-16)15-9-5-7-13(11-15)14-8-6-10-19-12-14/h5-12H,1-4H3. The maximum atomic E-state index is 6.10. The molecule has 108 valence electrons. The molecule has 0 bridgehead atoms. The molecule has 0 atom stereocenters. The van der Waals surface area contributed by atoms with Crippen molar-refractivity contribution in [3.8, 4) is 11.1 Å². The summed E-state index contributed by atoms with van der Waals surface area (Å²) in [5.74, 6) is 0. The summed E-state index contributed by atoms with van der Waals surface area (Å²) < 4.78 is 12.2. The second-order valence-corrected chi connectivity index (χ2v) is 6.46. The third-order valence-corrected chi connectivity index (χ3v) is 4.41. The van der Waals surface area contributed by atoms with E-state index >= 15 is 0 Å². The molecule has 1 aromatic carbocycles. The van der Waals surface area contributed by atoms with Gasteiger partial charge in [0.25, 0.3) is 0 Å². The van der Waals surface area contributed by atoms with Gasteiger partial charge in [-0.15, -0.1) is 0 Å². The molecule has 1 aliphatic heterocycles. The quantitative estimate of drug-likeness (QED) is 0.793. The topological polar surface area (TPSA) is 31.4 Å². The van der Waals surface area contributed by atoms with Crippen molar-refractivity contribution < 1.29 is 9.31 Å². The normalized spacial score (nSPS) is 19.7. The van der Waals surface area contributed by atoms with E-state index < -0.39 is 0 Å². The summed E-state index contributed by atoms with van der Waals surface area (Å²) >= 11 is 0. The second kappa shape index (κ2) is 4.97. The minimum atomic E-state index is -0.327. The van der Waals surface area contributed by atoms with Crippen molar-refractivity contribution in [3.05, 3.63) is 48.8 Å². The smallest absolute Gasteiger partial charge is 0.399 e. The van der Waals surface area contributed by atoms with Crippen LogP contribution < -0.4 is 5.46 Å². The maximum absolute atomic E-state index is 6.10. The van der Waals surface area contributed by atoms with Gasteiger partial charge in [0.2, 0.25) is 0 Å². The third kappa shape index (κ3) is 2.61. The molecule has 3 rings (SSSR count). The van der Waals surface area contributed by atoms with Crippen molar-refractivity contribution in [3.63, 3.8) is 0 Å². The fourth-order valence-corrected chi connectivity index (χ4v) is 2.38. The zero-order chi connectivity index (χ0) is 15.1. The van der Waals surface area contributed by atoms with Gasteiger partial charge in [-0.2, -0.15) is 0 Å². The molecule has 0 radical (unpaired) electrons. The van der Waals surface area contributed by atoms with Crippen molar-refractivity contribution in [2.45, 2.75) is 38.9 Å². The highest BCUT2D eigenvalue weighted by Crippen LogP contribution is 2.36. The fourth-order valence-electron chi connectivity index (χ4n) is 2.38. The van der Waals surface area contributed by atoms with Gasteiger partial charge in [0.15, 0.2) is 0 Å². The summed E-state index contributed by atoms with van der Waals surface area (Å²) in [5, 5.41) is 0. The van der Waals surface area contributed by atoms with Crippen LogP contribution >= 0.6 is 0 Å². The highest BCUT2D eigenvalue weighted by molar-refractivity contribution is 6.62. The Labute approximate surface area is 126 Å². The molecular formula is C17H20BNO2. The zero-order valence-corrected chi connectivity index (χ0v) is 13.0. The van der Waals surface area contributed by atoms with Gasteiger partial charge in [-0.3, -0.25) is 4.98 Å². The van der Waals surface area contributed by atoms with Crippen LogP contribution in [0.3, 0.4) is 0 Å². The summed E-state index contributed by atoms with van der Waals surface area (Å²) in [6, 6.07) is 12.3. The van der Waals surface area contributed by atoms with E-state index in [0.29, 0.717) is 0 Å². The summed E-state index contributed by atoms with van der Waals surface area (Å²) in [5.41, 5.74) is 2.62. The lowest BCUT2D eigenvalue weighted by Gasteiger charge is -2.32. The summed E-state index contributed by atoms with van der Waals surface area (Å²) in [6.45, 7) is 8.27. The van der Waals surface area contributed by atoms with Crippen molar-refractivity contribution >= 4 is 12.6 Å². The van der Waals surface area contributed by atoms with Gasteiger partial charge in [-0.25, -0.2) is 0 Å². The van der Waals surface area contributed by atoms with Crippen molar-refractivity contribution in [2.75, 3.05) is 0 Å². The van der Waals surface area contributed by atoms with Gasteiger partial charge < -0.3 is 9.31 Å². The van der Waals surface area contributed by atoms with Crippen molar-refractivity contribution in [2.24, 2.45) is 0 Å². The Morgan fingerprint density at radius 3 is 2.19 bits per heavy atom. The molecule has 1 aromatic heterocycles. The molecule has 0 spiro atoms. The van der Waals surface area contributed by atoms with E-state index in [1.54, 1.807) is 6.20 Å². The van der Waals surface area contributed by atoms with E-state index in [1.165, 1.54) is 0 Å². The van der Waals surface area contributed by atoms with Crippen LogP contribution in [0.1, 0.15) is 27.7 Å². The molecule has 0 amide bonds. The lowest BCUT2D eigenvalue weighted by atomic mass is 9.78. The first-order chi connectivity index (χ1) is 9.89. The monoisotopic (exact) mass is 281 g/mol. The van der Waals surface area contributed by atoms with Crippen LogP contribution in [0.25, 0.3) is 11.1 Å². The maximum Gasteiger partial charge on any atom is 0.494 e. The zero-order valence-electron chi connectivity index (χ0n) is 13.0. The van der Waals surface area contributed by atoms with Crippen LogP contribution in [0.2, 0.25) is 0 Å². The molecule has 0 saturated carbocycles. The SMILES string of the molecule is CC1(C)OB(c2cccc(-c3cccnc3)c2)OC1(C)C. The molecule has 0 unspecified atom stereocenters. The first-order valence-corrected chi connectivity index (χ1v) is 7.25. The van der Waals surface area contributed by atoms with E-state index in [9.17, 15) is 0 Å². The lowest BCUT2D eigenvalue weighted by molar-refractivity contribution is 0.00578. The number of rotatable bonds is 2. The average Bonchev–Trinajstić information content (AvgIpc) is 2.69. The van der Waals surface area contributed by atoms with Gasteiger partial charge in [0, 0.05) is 12.4 Å². The highest BCUT2D eigenvalue weighted by atomic mass is 16.7. The molecule has 1 aliphatic rings.